The standard InChI is InChI=1S/C12H12N2O4/c15-10-7-14(12(18)13-10)9(11(16)17)6-8-4-2-1-3-5-8/h1-5,9H,6-7H2,(H,16,17)(H,13,15,18). The van der Waals surface area contributed by atoms with Crippen LogP contribution in [0.3, 0.4) is 0 Å². The molecule has 0 radical (unpaired) electrons. The third-order valence-corrected chi connectivity index (χ3v) is 2.75. The molecule has 0 aliphatic carbocycles. The van der Waals surface area contributed by atoms with E-state index >= 15 is 0 Å². The van der Waals surface area contributed by atoms with Gasteiger partial charge in [0.2, 0.25) is 5.91 Å². The average molecular weight is 248 g/mol. The highest BCUT2D eigenvalue weighted by Gasteiger charge is 2.36. The van der Waals surface area contributed by atoms with E-state index in [1.54, 1.807) is 24.3 Å². The zero-order valence-electron chi connectivity index (χ0n) is 9.50. The van der Waals surface area contributed by atoms with Gasteiger partial charge in [-0.05, 0) is 5.56 Å². The summed E-state index contributed by atoms with van der Waals surface area (Å²) in [7, 11) is 0. The fourth-order valence-corrected chi connectivity index (χ4v) is 1.88. The highest BCUT2D eigenvalue weighted by atomic mass is 16.4. The molecule has 0 spiro atoms. The summed E-state index contributed by atoms with van der Waals surface area (Å²) < 4.78 is 0. The summed E-state index contributed by atoms with van der Waals surface area (Å²) in [6.07, 6.45) is 0.177. The number of carboxylic acids is 1. The molecule has 1 heterocycles. The molecule has 2 N–H and O–H groups in total. The first kappa shape index (κ1) is 12.1. The molecule has 1 saturated heterocycles. The number of nitrogens with zero attached hydrogens (tertiary/aromatic N) is 1. The Labute approximate surface area is 103 Å². The second-order valence-corrected chi connectivity index (χ2v) is 4.02. The number of carbonyl (C=O) groups excluding carboxylic acids is 2. The van der Waals surface area contributed by atoms with Gasteiger partial charge in [-0.25, -0.2) is 9.59 Å². The topological polar surface area (TPSA) is 86.7 Å². The first-order chi connectivity index (χ1) is 8.58. The van der Waals surface area contributed by atoms with E-state index in [0.717, 1.165) is 10.5 Å². The van der Waals surface area contributed by atoms with E-state index in [1.807, 2.05) is 6.07 Å². The lowest BCUT2D eigenvalue weighted by atomic mass is 10.1. The van der Waals surface area contributed by atoms with E-state index in [-0.39, 0.29) is 13.0 Å². The highest BCUT2D eigenvalue weighted by molar-refractivity contribution is 6.03. The second-order valence-electron chi connectivity index (χ2n) is 4.02. The minimum Gasteiger partial charge on any atom is -0.480 e. The van der Waals surface area contributed by atoms with Crippen molar-refractivity contribution in [1.82, 2.24) is 10.2 Å². The van der Waals surface area contributed by atoms with Gasteiger partial charge in [0.15, 0.2) is 0 Å². The zero-order chi connectivity index (χ0) is 13.1. The molecule has 1 atom stereocenters. The molecular formula is C12H12N2O4. The Morgan fingerprint density at radius 3 is 2.50 bits per heavy atom. The molecule has 1 aliphatic heterocycles. The Bertz CT molecular complexity index is 486. The first-order valence-corrected chi connectivity index (χ1v) is 5.45. The van der Waals surface area contributed by atoms with Crippen LogP contribution in [0.25, 0.3) is 0 Å². The number of benzene rings is 1. The Hall–Kier alpha value is -2.37. The second kappa shape index (κ2) is 4.87. The molecule has 18 heavy (non-hydrogen) atoms. The summed E-state index contributed by atoms with van der Waals surface area (Å²) in [6.45, 7) is -0.206. The van der Waals surface area contributed by atoms with Gasteiger partial charge < -0.3 is 10.0 Å². The van der Waals surface area contributed by atoms with Gasteiger partial charge in [0.25, 0.3) is 0 Å². The van der Waals surface area contributed by atoms with Crippen LogP contribution < -0.4 is 5.32 Å². The van der Waals surface area contributed by atoms with Crippen molar-refractivity contribution in [2.24, 2.45) is 0 Å². The molecule has 0 aromatic heterocycles. The predicted octanol–water partition coefficient (Wildman–Crippen LogP) is 0.234. The summed E-state index contributed by atoms with van der Waals surface area (Å²) in [6, 6.07) is 7.30. The lowest BCUT2D eigenvalue weighted by Gasteiger charge is -2.22. The molecule has 6 nitrogen and oxygen atoms in total. The normalized spacial score (nSPS) is 16.6. The Morgan fingerprint density at radius 1 is 1.33 bits per heavy atom. The van der Waals surface area contributed by atoms with Crippen LogP contribution in [0.5, 0.6) is 0 Å². The largest absolute Gasteiger partial charge is 0.480 e. The monoisotopic (exact) mass is 248 g/mol. The molecule has 1 fully saturated rings. The number of carboxylic acid groups (broad SMARTS) is 1. The third-order valence-electron chi connectivity index (χ3n) is 2.75. The molecule has 1 unspecified atom stereocenters. The summed E-state index contributed by atoms with van der Waals surface area (Å²) in [4.78, 5) is 34.8. The van der Waals surface area contributed by atoms with Gasteiger partial charge in [-0.15, -0.1) is 0 Å². The van der Waals surface area contributed by atoms with Crippen molar-refractivity contribution in [3.8, 4) is 0 Å². The number of carbonyl (C=O) groups is 3. The van der Waals surface area contributed by atoms with Crippen molar-refractivity contribution in [3.63, 3.8) is 0 Å². The van der Waals surface area contributed by atoms with Crippen LogP contribution in [-0.2, 0) is 16.0 Å². The van der Waals surface area contributed by atoms with Crippen LogP contribution in [0.1, 0.15) is 5.56 Å². The van der Waals surface area contributed by atoms with Gasteiger partial charge >= 0.3 is 12.0 Å². The summed E-state index contributed by atoms with van der Waals surface area (Å²) in [5, 5.41) is 11.2. The van der Waals surface area contributed by atoms with Gasteiger partial charge in [0, 0.05) is 6.42 Å². The van der Waals surface area contributed by atoms with Crippen molar-refractivity contribution in [3.05, 3.63) is 35.9 Å². The van der Waals surface area contributed by atoms with E-state index < -0.39 is 23.9 Å². The fraction of sp³-hybridized carbons (Fsp3) is 0.250. The number of nitrogens with one attached hydrogen (secondary N) is 1. The van der Waals surface area contributed by atoms with E-state index in [1.165, 1.54) is 0 Å². The number of amides is 3. The van der Waals surface area contributed by atoms with E-state index in [4.69, 9.17) is 5.11 Å². The third kappa shape index (κ3) is 2.48. The number of urea groups is 1. The SMILES string of the molecule is O=C1CN(C(Cc2ccccc2)C(=O)O)C(=O)N1. The van der Waals surface area contributed by atoms with E-state index in [2.05, 4.69) is 5.32 Å². The van der Waals surface area contributed by atoms with Gasteiger partial charge in [-0.1, -0.05) is 30.3 Å². The first-order valence-electron chi connectivity index (χ1n) is 5.45. The molecule has 1 aromatic rings. The van der Waals surface area contributed by atoms with Crippen LogP contribution in [0.4, 0.5) is 4.79 Å². The average Bonchev–Trinajstić information content (AvgIpc) is 2.66. The maximum Gasteiger partial charge on any atom is 0.326 e. The number of aliphatic carboxylic acids is 1. The van der Waals surface area contributed by atoms with Gasteiger partial charge in [0.1, 0.15) is 12.6 Å². The maximum absolute atomic E-state index is 11.5. The molecule has 1 aliphatic rings. The number of hydrogen-bond donors (Lipinski definition) is 2. The Kier molecular flexibility index (Phi) is 3.27. The minimum absolute atomic E-state index is 0.177. The number of imide groups is 1. The zero-order valence-corrected chi connectivity index (χ0v) is 9.50. The lowest BCUT2D eigenvalue weighted by Crippen LogP contribution is -2.44. The fourth-order valence-electron chi connectivity index (χ4n) is 1.88. The molecule has 94 valence electrons. The van der Waals surface area contributed by atoms with E-state index in [9.17, 15) is 14.4 Å². The molecule has 0 bridgehead atoms. The summed E-state index contributed by atoms with van der Waals surface area (Å²) in [5.74, 6) is -1.59. The van der Waals surface area contributed by atoms with Crippen molar-refractivity contribution < 1.29 is 19.5 Å². The van der Waals surface area contributed by atoms with Crippen LogP contribution in [0.15, 0.2) is 30.3 Å². The minimum atomic E-state index is -1.12. The van der Waals surface area contributed by atoms with Gasteiger partial charge in [-0.3, -0.25) is 10.1 Å². The quantitative estimate of drug-likeness (QED) is 0.747. The highest BCUT2D eigenvalue weighted by Crippen LogP contribution is 2.12. The summed E-state index contributed by atoms with van der Waals surface area (Å²) >= 11 is 0. The molecule has 3 amide bonds. The molecule has 6 heteroatoms. The van der Waals surface area contributed by atoms with Crippen molar-refractivity contribution >= 4 is 17.9 Å². The molecule has 2 rings (SSSR count). The van der Waals surface area contributed by atoms with Gasteiger partial charge in [-0.2, -0.15) is 0 Å². The van der Waals surface area contributed by atoms with Crippen molar-refractivity contribution in [1.29, 1.82) is 0 Å². The number of rotatable bonds is 4. The van der Waals surface area contributed by atoms with Crippen LogP contribution in [0.2, 0.25) is 0 Å². The predicted molar refractivity (Wildman–Crippen MR) is 61.8 cm³/mol. The summed E-state index contributed by atoms with van der Waals surface area (Å²) in [5.41, 5.74) is 0.803. The van der Waals surface area contributed by atoms with Crippen LogP contribution in [0, 0.1) is 0 Å². The van der Waals surface area contributed by atoms with E-state index in [0.29, 0.717) is 0 Å². The van der Waals surface area contributed by atoms with Crippen molar-refractivity contribution in [2.45, 2.75) is 12.5 Å². The van der Waals surface area contributed by atoms with Gasteiger partial charge in [0.05, 0.1) is 0 Å². The molecular weight excluding hydrogens is 236 g/mol. The van der Waals surface area contributed by atoms with Crippen molar-refractivity contribution in [2.75, 3.05) is 6.54 Å². The van der Waals surface area contributed by atoms with Crippen LogP contribution in [-0.4, -0.2) is 40.5 Å². The lowest BCUT2D eigenvalue weighted by molar-refractivity contribution is -0.142. The maximum atomic E-state index is 11.5. The number of hydrogen-bond acceptors (Lipinski definition) is 3. The Morgan fingerprint density at radius 2 is 2.00 bits per heavy atom. The smallest absolute Gasteiger partial charge is 0.326 e. The Balaban J connectivity index is 2.17. The molecule has 0 saturated carbocycles. The molecule has 1 aromatic carbocycles. The van der Waals surface area contributed by atoms with Crippen LogP contribution >= 0.6 is 0 Å².